The lowest BCUT2D eigenvalue weighted by Crippen LogP contribution is -2.35. The lowest BCUT2D eigenvalue weighted by molar-refractivity contribution is -0.130. The van der Waals surface area contributed by atoms with Crippen molar-refractivity contribution >= 4 is 15.7 Å². The molecule has 1 rings (SSSR count). The summed E-state index contributed by atoms with van der Waals surface area (Å²) in [6.07, 6.45) is -1.06. The van der Waals surface area contributed by atoms with Crippen LogP contribution in [0.25, 0.3) is 5.70 Å². The van der Waals surface area contributed by atoms with E-state index < -0.39 is 40.0 Å². The highest BCUT2D eigenvalue weighted by Crippen LogP contribution is 2.38. The fourth-order valence-corrected chi connectivity index (χ4v) is 5.51. The Hall–Kier alpha value is -1.88. The largest absolute Gasteiger partial charge is 0.390 e. The van der Waals surface area contributed by atoms with Crippen LogP contribution in [0.4, 0.5) is 22.0 Å². The van der Waals surface area contributed by atoms with E-state index in [0.717, 1.165) is 22.9 Å². The van der Waals surface area contributed by atoms with E-state index in [9.17, 15) is 30.4 Å². The fourth-order valence-electron chi connectivity index (χ4n) is 3.96. The molecule has 0 saturated heterocycles. The number of hydrogen-bond acceptors (Lipinski definition) is 4. The molecule has 0 spiro atoms. The molecule has 0 saturated carbocycles. The van der Waals surface area contributed by atoms with E-state index in [4.69, 9.17) is 0 Å². The molecule has 0 aliphatic rings. The molecule has 11 heteroatoms. The maximum Gasteiger partial charge on any atom is 0.390 e. The number of hydrogen-bond donors (Lipinski definition) is 0. The Morgan fingerprint density at radius 1 is 1.11 bits per heavy atom. The van der Waals surface area contributed by atoms with Gasteiger partial charge in [-0.15, -0.1) is 0 Å². The summed E-state index contributed by atoms with van der Waals surface area (Å²) in [5, 5.41) is 7.64. The zero-order valence-corrected chi connectivity index (χ0v) is 22.5. The van der Waals surface area contributed by atoms with E-state index >= 15 is 0 Å². The Morgan fingerprint density at radius 3 is 2.22 bits per heavy atom. The normalized spacial score (nSPS) is 14.7. The zero-order chi connectivity index (χ0) is 27.6. The van der Waals surface area contributed by atoms with Gasteiger partial charge in [-0.3, -0.25) is 0 Å². The summed E-state index contributed by atoms with van der Waals surface area (Å²) in [5.74, 6) is -2.32. The van der Waals surface area contributed by atoms with Crippen LogP contribution in [0.3, 0.4) is 0 Å². The average molecular weight is 540 g/mol. The molecule has 0 aliphatic heterocycles. The van der Waals surface area contributed by atoms with Crippen molar-refractivity contribution in [3.8, 4) is 0 Å². The fraction of sp³-hybridized carbons (Fsp3) is 0.680. The van der Waals surface area contributed by atoms with Gasteiger partial charge in [0.1, 0.15) is 11.6 Å². The van der Waals surface area contributed by atoms with Crippen molar-refractivity contribution < 1.29 is 30.4 Å². The van der Waals surface area contributed by atoms with Crippen molar-refractivity contribution in [2.24, 2.45) is 21.6 Å². The second-order valence-corrected chi connectivity index (χ2v) is 11.5. The summed E-state index contributed by atoms with van der Waals surface area (Å²) in [5.41, 5.74) is -0.251. The predicted molar refractivity (Wildman–Crippen MR) is 133 cm³/mol. The highest BCUT2D eigenvalue weighted by Gasteiger charge is 2.32. The van der Waals surface area contributed by atoms with Gasteiger partial charge in [0.15, 0.2) is 0 Å². The van der Waals surface area contributed by atoms with Crippen molar-refractivity contribution in [1.82, 2.24) is 4.31 Å². The smallest absolute Gasteiger partial charge is 0.212 e. The molecule has 5 nitrogen and oxygen atoms in total. The number of alkyl halides is 3. The first-order valence-electron chi connectivity index (χ1n) is 12.2. The van der Waals surface area contributed by atoms with Crippen LogP contribution in [0.15, 0.2) is 34.5 Å². The molecule has 0 N–H and O–H groups in total. The summed E-state index contributed by atoms with van der Waals surface area (Å²) in [4.78, 5) is 0. The van der Waals surface area contributed by atoms with Gasteiger partial charge in [0.2, 0.25) is 10.0 Å². The Balaban J connectivity index is 2.93. The van der Waals surface area contributed by atoms with Crippen LogP contribution in [-0.4, -0.2) is 44.8 Å². The van der Waals surface area contributed by atoms with E-state index in [-0.39, 0.29) is 35.7 Å². The minimum Gasteiger partial charge on any atom is -0.212 e. The number of allylic oxidation sites excluding steroid dienone is 1. The lowest BCUT2D eigenvalue weighted by atomic mass is 9.72. The zero-order valence-electron chi connectivity index (χ0n) is 21.7. The quantitative estimate of drug-likeness (QED) is 0.131. The second kappa shape index (κ2) is 14.2. The van der Waals surface area contributed by atoms with E-state index in [2.05, 4.69) is 24.1 Å². The summed E-state index contributed by atoms with van der Waals surface area (Å²) in [6.45, 7) is 8.08. The molecule has 0 aliphatic carbocycles. The van der Waals surface area contributed by atoms with Gasteiger partial charge in [0.05, 0.1) is 23.4 Å². The standard InChI is InChI=1S/C25H38F5N3O2S/c1-6-24(3,4)19(14-15-22(32-31-5)23-20(26)12-10-13-21(23)27)11-8-9-17-33(7-2)36(34,35)18-16-25(28,29)30/h10,12-13,15,19H,6-9,11,14,16-18H2,1-5H3/b22-15-,32-31?/t19-/m0/s1. The van der Waals surface area contributed by atoms with E-state index in [1.54, 1.807) is 13.0 Å². The summed E-state index contributed by atoms with van der Waals surface area (Å²) in [6, 6.07) is 3.60. The van der Waals surface area contributed by atoms with Gasteiger partial charge in [-0.25, -0.2) is 21.5 Å². The molecule has 1 aromatic carbocycles. The third kappa shape index (κ3) is 10.2. The van der Waals surface area contributed by atoms with Crippen molar-refractivity contribution in [1.29, 1.82) is 0 Å². The molecule has 0 bridgehead atoms. The molecule has 1 atom stereocenters. The van der Waals surface area contributed by atoms with Crippen LogP contribution in [0, 0.1) is 23.0 Å². The summed E-state index contributed by atoms with van der Waals surface area (Å²) in [7, 11) is -2.58. The van der Waals surface area contributed by atoms with Gasteiger partial charge < -0.3 is 0 Å². The minimum absolute atomic E-state index is 0.0938. The molecule has 1 aromatic rings. The second-order valence-electron chi connectivity index (χ2n) is 9.43. The van der Waals surface area contributed by atoms with E-state index in [1.807, 2.05) is 6.92 Å². The topological polar surface area (TPSA) is 62.1 Å². The maximum absolute atomic E-state index is 14.3. The lowest BCUT2D eigenvalue weighted by Gasteiger charge is -2.33. The molecular weight excluding hydrogens is 501 g/mol. The number of azo groups is 1. The van der Waals surface area contributed by atoms with E-state index in [1.165, 1.54) is 13.1 Å². The summed E-state index contributed by atoms with van der Waals surface area (Å²) >= 11 is 0. The van der Waals surface area contributed by atoms with Crippen molar-refractivity contribution in [2.75, 3.05) is 25.9 Å². The first-order chi connectivity index (χ1) is 16.7. The first-order valence-corrected chi connectivity index (χ1v) is 13.8. The molecular formula is C25H38F5N3O2S. The average Bonchev–Trinajstić information content (AvgIpc) is 2.78. The first kappa shape index (κ1) is 32.1. The van der Waals surface area contributed by atoms with Crippen molar-refractivity contribution in [3.05, 3.63) is 41.5 Å². The van der Waals surface area contributed by atoms with Gasteiger partial charge in [-0.05, 0) is 42.7 Å². The Labute approximate surface area is 211 Å². The van der Waals surface area contributed by atoms with E-state index in [0.29, 0.717) is 25.7 Å². The van der Waals surface area contributed by atoms with Crippen LogP contribution in [0.5, 0.6) is 0 Å². The van der Waals surface area contributed by atoms with Crippen LogP contribution >= 0.6 is 0 Å². The molecule has 0 radical (unpaired) electrons. The molecule has 0 amide bonds. The Kier molecular flexibility index (Phi) is 12.6. The van der Waals surface area contributed by atoms with Crippen LogP contribution in [0.2, 0.25) is 0 Å². The molecule has 0 fully saturated rings. The van der Waals surface area contributed by atoms with Gasteiger partial charge in [0, 0.05) is 20.1 Å². The highest BCUT2D eigenvalue weighted by atomic mass is 32.2. The Morgan fingerprint density at radius 2 is 1.72 bits per heavy atom. The van der Waals surface area contributed by atoms with Crippen molar-refractivity contribution in [3.63, 3.8) is 0 Å². The molecule has 36 heavy (non-hydrogen) atoms. The molecule has 0 unspecified atom stereocenters. The Bertz CT molecular complexity index is 972. The summed E-state index contributed by atoms with van der Waals surface area (Å²) < 4.78 is 91.8. The number of unbranched alkanes of at least 4 members (excludes halogenated alkanes) is 1. The maximum atomic E-state index is 14.3. The van der Waals surface area contributed by atoms with Gasteiger partial charge in [-0.2, -0.15) is 23.4 Å². The minimum atomic E-state index is -4.53. The van der Waals surface area contributed by atoms with Gasteiger partial charge >= 0.3 is 6.18 Å². The predicted octanol–water partition coefficient (Wildman–Crippen LogP) is 7.60. The third-order valence-corrected chi connectivity index (χ3v) is 8.59. The van der Waals surface area contributed by atoms with Crippen LogP contribution in [0.1, 0.15) is 71.8 Å². The van der Waals surface area contributed by atoms with Crippen LogP contribution in [-0.2, 0) is 10.0 Å². The molecule has 0 aromatic heterocycles. The molecule has 0 heterocycles. The van der Waals surface area contributed by atoms with Crippen LogP contribution < -0.4 is 0 Å². The monoisotopic (exact) mass is 539 g/mol. The van der Waals surface area contributed by atoms with Crippen molar-refractivity contribution in [2.45, 2.75) is 72.4 Å². The molecule has 206 valence electrons. The third-order valence-electron chi connectivity index (χ3n) is 6.64. The van der Waals surface area contributed by atoms with Gasteiger partial charge in [0.25, 0.3) is 0 Å². The number of nitrogens with zero attached hydrogens (tertiary/aromatic N) is 3. The van der Waals surface area contributed by atoms with Gasteiger partial charge in [-0.1, -0.05) is 52.7 Å². The number of rotatable bonds is 15. The highest BCUT2D eigenvalue weighted by molar-refractivity contribution is 7.89. The number of sulfonamides is 1. The SMILES string of the molecule is CCN(CCCC[C@@H](C/C=C(\N=NC)c1c(F)cccc1F)C(C)(C)CC)S(=O)(=O)CCC(F)(F)F. The number of benzene rings is 1. The number of halogens is 5.